The van der Waals surface area contributed by atoms with E-state index in [1.165, 1.54) is 0 Å². The third-order valence-corrected chi connectivity index (χ3v) is 3.74. The molecular weight excluding hydrogens is 236 g/mol. The van der Waals surface area contributed by atoms with Crippen LogP contribution in [0.5, 0.6) is 0 Å². The minimum Gasteiger partial charge on any atom is -0.398 e. The quantitative estimate of drug-likeness (QED) is 0.826. The van der Waals surface area contributed by atoms with Gasteiger partial charge in [-0.15, -0.1) is 0 Å². The number of benzene rings is 1. The molecule has 0 saturated heterocycles. The highest BCUT2D eigenvalue weighted by Crippen LogP contribution is 2.26. The first kappa shape index (κ1) is 15.5. The predicted octanol–water partition coefficient (Wildman–Crippen LogP) is 3.44. The standard InChI is InChI=1S/C16H26N2O/c1-6-16(4,5)15(19)18(12(2)3)11-13-9-7-8-10-14(13)17/h7-10,12H,6,11,17H2,1-5H3. The Morgan fingerprint density at radius 2 is 1.89 bits per heavy atom. The number of anilines is 1. The molecule has 1 aromatic rings. The molecule has 0 aromatic heterocycles. The SMILES string of the molecule is CCC(C)(C)C(=O)N(Cc1ccccc1N)C(C)C. The molecule has 0 spiro atoms. The van der Waals surface area contributed by atoms with Crippen molar-refractivity contribution in [2.75, 3.05) is 5.73 Å². The van der Waals surface area contributed by atoms with Crippen LogP contribution in [0, 0.1) is 5.41 Å². The summed E-state index contributed by atoms with van der Waals surface area (Å²) in [7, 11) is 0. The molecule has 1 aromatic carbocycles. The van der Waals surface area contributed by atoms with Gasteiger partial charge in [0, 0.05) is 23.7 Å². The smallest absolute Gasteiger partial charge is 0.228 e. The van der Waals surface area contributed by atoms with Gasteiger partial charge in [-0.05, 0) is 31.9 Å². The van der Waals surface area contributed by atoms with Crippen molar-refractivity contribution < 1.29 is 4.79 Å². The maximum absolute atomic E-state index is 12.6. The molecule has 19 heavy (non-hydrogen) atoms. The van der Waals surface area contributed by atoms with Gasteiger partial charge in [-0.2, -0.15) is 0 Å². The van der Waals surface area contributed by atoms with Crippen molar-refractivity contribution >= 4 is 11.6 Å². The molecule has 0 saturated carbocycles. The highest BCUT2D eigenvalue weighted by molar-refractivity contribution is 5.82. The molecule has 106 valence electrons. The molecule has 0 aliphatic carbocycles. The highest BCUT2D eigenvalue weighted by Gasteiger charge is 2.31. The Bertz CT molecular complexity index is 438. The van der Waals surface area contributed by atoms with E-state index in [0.717, 1.165) is 17.7 Å². The van der Waals surface area contributed by atoms with Crippen molar-refractivity contribution in [3.63, 3.8) is 0 Å². The number of nitrogen functional groups attached to an aromatic ring is 1. The summed E-state index contributed by atoms with van der Waals surface area (Å²) in [6, 6.07) is 7.90. The normalized spacial score (nSPS) is 11.7. The monoisotopic (exact) mass is 262 g/mol. The number of rotatable bonds is 5. The van der Waals surface area contributed by atoms with Crippen molar-refractivity contribution in [3.8, 4) is 0 Å². The van der Waals surface area contributed by atoms with E-state index < -0.39 is 0 Å². The largest absolute Gasteiger partial charge is 0.398 e. The lowest BCUT2D eigenvalue weighted by Crippen LogP contribution is -2.44. The summed E-state index contributed by atoms with van der Waals surface area (Å²) in [5, 5.41) is 0. The third kappa shape index (κ3) is 3.72. The zero-order valence-electron chi connectivity index (χ0n) is 12.7. The predicted molar refractivity (Wildman–Crippen MR) is 80.6 cm³/mol. The van der Waals surface area contributed by atoms with E-state index in [-0.39, 0.29) is 17.4 Å². The van der Waals surface area contributed by atoms with Crippen LogP contribution < -0.4 is 5.73 Å². The van der Waals surface area contributed by atoms with Crippen LogP contribution >= 0.6 is 0 Å². The van der Waals surface area contributed by atoms with Crippen LogP contribution in [-0.2, 0) is 11.3 Å². The zero-order chi connectivity index (χ0) is 14.6. The van der Waals surface area contributed by atoms with Gasteiger partial charge < -0.3 is 10.6 Å². The van der Waals surface area contributed by atoms with Crippen molar-refractivity contribution in [1.82, 2.24) is 4.90 Å². The summed E-state index contributed by atoms with van der Waals surface area (Å²) >= 11 is 0. The van der Waals surface area contributed by atoms with E-state index >= 15 is 0 Å². The molecule has 2 N–H and O–H groups in total. The maximum atomic E-state index is 12.6. The van der Waals surface area contributed by atoms with Crippen LogP contribution in [-0.4, -0.2) is 16.8 Å². The summed E-state index contributed by atoms with van der Waals surface area (Å²) in [6.45, 7) is 10.7. The second-order valence-electron chi connectivity index (χ2n) is 5.96. The molecule has 1 rings (SSSR count). The fourth-order valence-corrected chi connectivity index (χ4v) is 1.89. The number of hydrogen-bond acceptors (Lipinski definition) is 2. The van der Waals surface area contributed by atoms with Crippen molar-refractivity contribution in [2.45, 2.75) is 53.6 Å². The second kappa shape index (κ2) is 6.09. The number of hydrogen-bond donors (Lipinski definition) is 1. The minimum atomic E-state index is -0.326. The van der Waals surface area contributed by atoms with Crippen LogP contribution in [0.15, 0.2) is 24.3 Å². The molecule has 0 aliphatic rings. The number of nitrogens with two attached hydrogens (primary N) is 1. The van der Waals surface area contributed by atoms with Crippen molar-refractivity contribution in [2.24, 2.45) is 5.41 Å². The van der Waals surface area contributed by atoms with Gasteiger partial charge in [0.1, 0.15) is 0 Å². The first-order valence-corrected chi connectivity index (χ1v) is 6.94. The molecule has 1 amide bonds. The number of amides is 1. The van der Waals surface area contributed by atoms with Gasteiger partial charge in [-0.1, -0.05) is 39.0 Å². The van der Waals surface area contributed by atoms with E-state index in [4.69, 9.17) is 5.73 Å². The fourth-order valence-electron chi connectivity index (χ4n) is 1.89. The summed E-state index contributed by atoms with van der Waals surface area (Å²) in [5.41, 5.74) is 7.40. The first-order valence-electron chi connectivity index (χ1n) is 6.94. The lowest BCUT2D eigenvalue weighted by molar-refractivity contribution is -0.143. The Hall–Kier alpha value is -1.51. The molecule has 0 bridgehead atoms. The van der Waals surface area contributed by atoms with Gasteiger partial charge in [0.05, 0.1) is 0 Å². The average Bonchev–Trinajstić information content (AvgIpc) is 2.36. The average molecular weight is 262 g/mol. The maximum Gasteiger partial charge on any atom is 0.228 e. The van der Waals surface area contributed by atoms with E-state index in [2.05, 4.69) is 0 Å². The van der Waals surface area contributed by atoms with Gasteiger partial charge in [-0.3, -0.25) is 4.79 Å². The van der Waals surface area contributed by atoms with Crippen LogP contribution in [0.25, 0.3) is 0 Å². The van der Waals surface area contributed by atoms with Gasteiger partial charge in [-0.25, -0.2) is 0 Å². The zero-order valence-corrected chi connectivity index (χ0v) is 12.7. The number of para-hydroxylation sites is 1. The summed E-state index contributed by atoms with van der Waals surface area (Å²) in [5.74, 6) is 0.188. The van der Waals surface area contributed by atoms with Gasteiger partial charge >= 0.3 is 0 Å². The van der Waals surface area contributed by atoms with Gasteiger partial charge in [0.25, 0.3) is 0 Å². The van der Waals surface area contributed by atoms with E-state index in [9.17, 15) is 4.79 Å². The molecule has 0 fully saturated rings. The molecule has 0 unspecified atom stereocenters. The third-order valence-electron chi connectivity index (χ3n) is 3.74. The number of carbonyl (C=O) groups excluding carboxylic acids is 1. The molecule has 3 heteroatoms. The molecular formula is C16H26N2O. The van der Waals surface area contributed by atoms with E-state index in [1.807, 2.05) is 63.8 Å². The Morgan fingerprint density at radius 3 is 2.37 bits per heavy atom. The Kier molecular flexibility index (Phi) is 4.98. The topological polar surface area (TPSA) is 46.3 Å². The van der Waals surface area contributed by atoms with E-state index in [1.54, 1.807) is 0 Å². The lowest BCUT2D eigenvalue weighted by Gasteiger charge is -2.34. The number of carbonyl (C=O) groups is 1. The van der Waals surface area contributed by atoms with Crippen molar-refractivity contribution in [3.05, 3.63) is 29.8 Å². The van der Waals surface area contributed by atoms with Gasteiger partial charge in [0.2, 0.25) is 5.91 Å². The van der Waals surface area contributed by atoms with Crippen molar-refractivity contribution in [1.29, 1.82) is 0 Å². The van der Waals surface area contributed by atoms with Gasteiger partial charge in [0.15, 0.2) is 0 Å². The Morgan fingerprint density at radius 1 is 1.32 bits per heavy atom. The summed E-state index contributed by atoms with van der Waals surface area (Å²) in [4.78, 5) is 14.6. The molecule has 0 aliphatic heterocycles. The molecule has 0 radical (unpaired) electrons. The Labute approximate surface area is 116 Å². The molecule has 0 heterocycles. The molecule has 0 atom stereocenters. The summed E-state index contributed by atoms with van der Waals surface area (Å²) < 4.78 is 0. The summed E-state index contributed by atoms with van der Waals surface area (Å²) in [6.07, 6.45) is 0.833. The van der Waals surface area contributed by atoms with Crippen LogP contribution in [0.4, 0.5) is 5.69 Å². The van der Waals surface area contributed by atoms with Crippen LogP contribution in [0.1, 0.15) is 46.6 Å². The highest BCUT2D eigenvalue weighted by atomic mass is 16.2. The minimum absolute atomic E-state index is 0.165. The fraction of sp³-hybridized carbons (Fsp3) is 0.562. The number of nitrogens with zero attached hydrogens (tertiary/aromatic N) is 1. The van der Waals surface area contributed by atoms with Crippen LogP contribution in [0.2, 0.25) is 0 Å². The Balaban J connectivity index is 2.98. The van der Waals surface area contributed by atoms with E-state index in [0.29, 0.717) is 6.54 Å². The second-order valence-corrected chi connectivity index (χ2v) is 5.96. The lowest BCUT2D eigenvalue weighted by atomic mass is 9.88. The molecule has 3 nitrogen and oxygen atoms in total. The van der Waals surface area contributed by atoms with Crippen LogP contribution in [0.3, 0.4) is 0 Å². The first-order chi connectivity index (χ1) is 8.79.